The summed E-state index contributed by atoms with van der Waals surface area (Å²) in [6, 6.07) is 16.1. The maximum Gasteiger partial charge on any atom is 0.139 e. The van der Waals surface area contributed by atoms with Crippen molar-refractivity contribution in [1.29, 1.82) is 0 Å². The van der Waals surface area contributed by atoms with Crippen molar-refractivity contribution >= 4 is 15.9 Å². The van der Waals surface area contributed by atoms with Gasteiger partial charge in [0.15, 0.2) is 0 Å². The van der Waals surface area contributed by atoms with E-state index in [0.29, 0.717) is 0 Å². The lowest BCUT2D eigenvalue weighted by atomic mass is 9.97. The van der Waals surface area contributed by atoms with E-state index in [1.807, 2.05) is 36.4 Å². The summed E-state index contributed by atoms with van der Waals surface area (Å²) in [6.07, 6.45) is 0.748. The summed E-state index contributed by atoms with van der Waals surface area (Å²) in [7, 11) is 0. The van der Waals surface area contributed by atoms with Crippen molar-refractivity contribution in [3.8, 4) is 5.75 Å². The Hall–Kier alpha value is -1.32. The second-order valence-corrected chi connectivity index (χ2v) is 5.84. The molecule has 0 radical (unpaired) electrons. The quantitative estimate of drug-likeness (QED) is 0.866. The lowest BCUT2D eigenvalue weighted by Gasteiger charge is -2.26. The number of ether oxygens (including phenoxy) is 1. The van der Waals surface area contributed by atoms with Crippen LogP contribution < -0.4 is 10.5 Å². The van der Waals surface area contributed by atoms with Crippen molar-refractivity contribution in [2.24, 2.45) is 5.73 Å². The minimum atomic E-state index is -0.123. The number of halogens is 1. The molecule has 2 rings (SSSR count). The van der Waals surface area contributed by atoms with Gasteiger partial charge in [-0.3, -0.25) is 0 Å². The van der Waals surface area contributed by atoms with Crippen LogP contribution in [0.3, 0.4) is 0 Å². The molecule has 2 N–H and O–H groups in total. The van der Waals surface area contributed by atoms with Gasteiger partial charge in [-0.05, 0) is 48.7 Å². The minimum absolute atomic E-state index is 0.0280. The van der Waals surface area contributed by atoms with Crippen LogP contribution in [0.4, 0.5) is 0 Å². The normalized spacial score (nSPS) is 13.8. The Kier molecular flexibility index (Phi) is 5.21. The molecule has 0 aliphatic carbocycles. The molecule has 0 saturated carbocycles. The fourth-order valence-electron chi connectivity index (χ4n) is 2.16. The first-order valence-electron chi connectivity index (χ1n) is 6.85. The first-order chi connectivity index (χ1) is 9.61. The summed E-state index contributed by atoms with van der Waals surface area (Å²) in [4.78, 5) is 0. The summed E-state index contributed by atoms with van der Waals surface area (Å²) < 4.78 is 7.18. The molecule has 2 nitrogen and oxygen atoms in total. The molecule has 0 bridgehead atoms. The monoisotopic (exact) mass is 333 g/mol. The molecule has 0 fully saturated rings. The van der Waals surface area contributed by atoms with E-state index >= 15 is 0 Å². The molecule has 0 amide bonds. The summed E-state index contributed by atoms with van der Waals surface area (Å²) >= 11 is 3.43. The van der Waals surface area contributed by atoms with Crippen LogP contribution >= 0.6 is 15.9 Å². The van der Waals surface area contributed by atoms with Crippen LogP contribution in [0.25, 0.3) is 0 Å². The second kappa shape index (κ2) is 6.91. The molecule has 0 aliphatic rings. The molecule has 0 aliphatic heterocycles. The van der Waals surface area contributed by atoms with Crippen LogP contribution in [-0.2, 0) is 0 Å². The van der Waals surface area contributed by atoms with Crippen molar-refractivity contribution in [2.45, 2.75) is 32.4 Å². The lowest BCUT2D eigenvalue weighted by molar-refractivity contribution is 0.170. The number of hydrogen-bond acceptors (Lipinski definition) is 2. The standard InChI is InChI=1S/C17H20BrNO/c1-3-16(19)17(15-7-5-4-6-12(15)2)20-14-10-8-13(18)9-11-14/h4-11,16-17H,3,19H2,1-2H3. The molecule has 0 aromatic heterocycles. The second-order valence-electron chi connectivity index (χ2n) is 4.92. The van der Waals surface area contributed by atoms with Crippen LogP contribution in [-0.4, -0.2) is 6.04 Å². The predicted molar refractivity (Wildman–Crippen MR) is 87.0 cm³/mol. The Bertz CT molecular complexity index is 553. The third-order valence-electron chi connectivity index (χ3n) is 3.43. The highest BCUT2D eigenvalue weighted by atomic mass is 79.9. The van der Waals surface area contributed by atoms with E-state index in [9.17, 15) is 0 Å². The zero-order chi connectivity index (χ0) is 14.5. The van der Waals surface area contributed by atoms with Crippen molar-refractivity contribution in [1.82, 2.24) is 0 Å². The van der Waals surface area contributed by atoms with Crippen molar-refractivity contribution in [3.63, 3.8) is 0 Å². The SMILES string of the molecule is CCC(N)C(Oc1ccc(Br)cc1)c1ccccc1C. The van der Waals surface area contributed by atoms with Gasteiger partial charge in [0.25, 0.3) is 0 Å². The first-order valence-corrected chi connectivity index (χ1v) is 7.64. The average molecular weight is 334 g/mol. The largest absolute Gasteiger partial charge is 0.484 e. The maximum absolute atomic E-state index is 6.26. The number of aryl methyl sites for hydroxylation is 1. The van der Waals surface area contributed by atoms with Crippen LogP contribution in [0, 0.1) is 6.92 Å². The molecule has 0 spiro atoms. The predicted octanol–water partition coefficient (Wildman–Crippen LogP) is 4.61. The summed E-state index contributed by atoms with van der Waals surface area (Å²) in [5.41, 5.74) is 8.63. The van der Waals surface area contributed by atoms with Gasteiger partial charge < -0.3 is 10.5 Å². The van der Waals surface area contributed by atoms with Gasteiger partial charge in [-0.2, -0.15) is 0 Å². The topological polar surface area (TPSA) is 35.2 Å². The van der Waals surface area contributed by atoms with Gasteiger partial charge >= 0.3 is 0 Å². The Labute approximate surface area is 129 Å². The molecular formula is C17H20BrNO. The van der Waals surface area contributed by atoms with Gasteiger partial charge in [-0.25, -0.2) is 0 Å². The highest BCUT2D eigenvalue weighted by Crippen LogP contribution is 2.28. The van der Waals surface area contributed by atoms with Crippen LogP contribution in [0.2, 0.25) is 0 Å². The maximum atomic E-state index is 6.26. The summed E-state index contributed by atoms with van der Waals surface area (Å²) in [5, 5.41) is 0. The molecule has 0 saturated heterocycles. The van der Waals surface area contributed by atoms with Crippen LogP contribution in [0.5, 0.6) is 5.75 Å². The number of benzene rings is 2. The van der Waals surface area contributed by atoms with Gasteiger partial charge in [0.05, 0.1) is 0 Å². The van der Waals surface area contributed by atoms with Gasteiger partial charge in [-0.1, -0.05) is 47.1 Å². The Balaban J connectivity index is 2.29. The molecule has 3 heteroatoms. The van der Waals surface area contributed by atoms with E-state index in [-0.39, 0.29) is 12.1 Å². The molecule has 2 unspecified atom stereocenters. The van der Waals surface area contributed by atoms with Crippen molar-refractivity contribution in [2.75, 3.05) is 0 Å². The Morgan fingerprint density at radius 3 is 2.35 bits per heavy atom. The minimum Gasteiger partial charge on any atom is -0.484 e. The number of hydrogen-bond donors (Lipinski definition) is 1. The third kappa shape index (κ3) is 3.62. The third-order valence-corrected chi connectivity index (χ3v) is 3.96. The van der Waals surface area contributed by atoms with E-state index in [1.165, 1.54) is 5.56 Å². The zero-order valence-electron chi connectivity index (χ0n) is 11.8. The molecule has 20 heavy (non-hydrogen) atoms. The van der Waals surface area contributed by atoms with Gasteiger partial charge in [0, 0.05) is 10.5 Å². The highest BCUT2D eigenvalue weighted by Gasteiger charge is 2.22. The van der Waals surface area contributed by atoms with Crippen molar-refractivity contribution in [3.05, 3.63) is 64.1 Å². The molecule has 2 aromatic carbocycles. The van der Waals surface area contributed by atoms with E-state index in [1.54, 1.807) is 0 Å². The average Bonchev–Trinajstić information content (AvgIpc) is 2.47. The summed E-state index contributed by atoms with van der Waals surface area (Å²) in [5.74, 6) is 0.838. The molecular weight excluding hydrogens is 314 g/mol. The number of nitrogens with two attached hydrogens (primary N) is 1. The molecule has 2 atom stereocenters. The van der Waals surface area contributed by atoms with Crippen LogP contribution in [0.1, 0.15) is 30.6 Å². The van der Waals surface area contributed by atoms with Crippen LogP contribution in [0.15, 0.2) is 53.0 Å². The van der Waals surface area contributed by atoms with Gasteiger partial charge in [0.2, 0.25) is 0 Å². The first kappa shape index (κ1) is 15.1. The van der Waals surface area contributed by atoms with E-state index in [0.717, 1.165) is 22.2 Å². The van der Waals surface area contributed by atoms with Gasteiger partial charge in [0.1, 0.15) is 11.9 Å². The fourth-order valence-corrected chi connectivity index (χ4v) is 2.43. The van der Waals surface area contributed by atoms with E-state index in [4.69, 9.17) is 10.5 Å². The fraction of sp³-hybridized carbons (Fsp3) is 0.294. The van der Waals surface area contributed by atoms with Crippen molar-refractivity contribution < 1.29 is 4.74 Å². The molecule has 106 valence electrons. The zero-order valence-corrected chi connectivity index (χ0v) is 13.4. The molecule has 2 aromatic rings. The van der Waals surface area contributed by atoms with E-state index in [2.05, 4.69) is 41.9 Å². The molecule has 0 heterocycles. The highest BCUT2D eigenvalue weighted by molar-refractivity contribution is 9.10. The van der Waals surface area contributed by atoms with E-state index < -0.39 is 0 Å². The Morgan fingerprint density at radius 1 is 1.10 bits per heavy atom. The summed E-state index contributed by atoms with van der Waals surface area (Å²) in [6.45, 7) is 4.18. The lowest BCUT2D eigenvalue weighted by Crippen LogP contribution is -2.32. The smallest absolute Gasteiger partial charge is 0.139 e. The Morgan fingerprint density at radius 2 is 1.75 bits per heavy atom. The number of rotatable bonds is 5. The van der Waals surface area contributed by atoms with Gasteiger partial charge in [-0.15, -0.1) is 0 Å².